The van der Waals surface area contributed by atoms with Gasteiger partial charge in [-0.05, 0) is 44.7 Å². The molecule has 2 aromatic heterocycles. The summed E-state index contributed by atoms with van der Waals surface area (Å²) in [6.07, 6.45) is 4.95. The quantitative estimate of drug-likeness (QED) is 0.802. The molecule has 2 fully saturated rings. The molecule has 1 N–H and O–H groups in total. The van der Waals surface area contributed by atoms with Crippen molar-refractivity contribution in [3.63, 3.8) is 0 Å². The van der Waals surface area contributed by atoms with Gasteiger partial charge in [0, 0.05) is 48.1 Å². The van der Waals surface area contributed by atoms with Crippen molar-refractivity contribution >= 4 is 34.5 Å². The summed E-state index contributed by atoms with van der Waals surface area (Å²) in [4.78, 5) is 33.2. The van der Waals surface area contributed by atoms with E-state index in [1.54, 1.807) is 22.7 Å². The first-order chi connectivity index (χ1) is 13.1. The number of aryl methyl sites for hydroxylation is 1. The number of rotatable bonds is 6. The standard InChI is InChI=1S/C20H25N3O2S2/c1-13-4-7-17(27-13)20(25)23-10-2-3-15(11-23)19-22-16(12-26-19)8-9-21-18(24)14-5-6-14/h4,7,12,14-15H,2-3,5-6,8-11H2,1H3,(H,21,24)/t15-/m0/s1. The van der Waals surface area contributed by atoms with Crippen LogP contribution in [0.25, 0.3) is 0 Å². The summed E-state index contributed by atoms with van der Waals surface area (Å²) in [5.74, 6) is 0.922. The van der Waals surface area contributed by atoms with Crippen molar-refractivity contribution in [2.24, 2.45) is 5.92 Å². The average molecular weight is 404 g/mol. The first-order valence-electron chi connectivity index (χ1n) is 9.68. The third-order valence-electron chi connectivity index (χ3n) is 5.21. The van der Waals surface area contributed by atoms with Gasteiger partial charge in [-0.15, -0.1) is 22.7 Å². The van der Waals surface area contributed by atoms with Crippen molar-refractivity contribution in [3.05, 3.63) is 38.0 Å². The minimum Gasteiger partial charge on any atom is -0.355 e. The van der Waals surface area contributed by atoms with Gasteiger partial charge in [0.25, 0.3) is 5.91 Å². The van der Waals surface area contributed by atoms with Gasteiger partial charge < -0.3 is 10.2 Å². The van der Waals surface area contributed by atoms with Crippen LogP contribution in [0.4, 0.5) is 0 Å². The maximum Gasteiger partial charge on any atom is 0.263 e. The number of hydrogen-bond donors (Lipinski definition) is 1. The smallest absolute Gasteiger partial charge is 0.263 e. The van der Waals surface area contributed by atoms with Gasteiger partial charge in [0.1, 0.15) is 0 Å². The highest BCUT2D eigenvalue weighted by Gasteiger charge is 2.29. The number of piperidine rings is 1. The molecule has 1 atom stereocenters. The zero-order valence-corrected chi connectivity index (χ0v) is 17.2. The lowest BCUT2D eigenvalue weighted by Crippen LogP contribution is -2.38. The molecule has 1 aliphatic heterocycles. The van der Waals surface area contributed by atoms with Gasteiger partial charge in [-0.25, -0.2) is 4.98 Å². The highest BCUT2D eigenvalue weighted by Crippen LogP contribution is 2.31. The first-order valence-corrected chi connectivity index (χ1v) is 11.4. The highest BCUT2D eigenvalue weighted by molar-refractivity contribution is 7.13. The number of likely N-dealkylation sites (tertiary alicyclic amines) is 1. The lowest BCUT2D eigenvalue weighted by atomic mass is 9.98. The van der Waals surface area contributed by atoms with Crippen LogP contribution in [0.3, 0.4) is 0 Å². The summed E-state index contributed by atoms with van der Waals surface area (Å²) in [5, 5.41) is 6.22. The molecule has 2 amide bonds. The van der Waals surface area contributed by atoms with Crippen LogP contribution in [0.1, 0.15) is 56.9 Å². The Morgan fingerprint density at radius 1 is 1.30 bits per heavy atom. The van der Waals surface area contributed by atoms with Crippen molar-refractivity contribution in [1.29, 1.82) is 0 Å². The van der Waals surface area contributed by atoms with Crippen LogP contribution >= 0.6 is 22.7 Å². The van der Waals surface area contributed by atoms with Gasteiger partial charge in [-0.2, -0.15) is 0 Å². The van der Waals surface area contributed by atoms with Crippen molar-refractivity contribution in [3.8, 4) is 0 Å². The summed E-state index contributed by atoms with van der Waals surface area (Å²) in [6.45, 7) is 4.27. The second-order valence-corrected chi connectivity index (χ2v) is 9.67. The van der Waals surface area contributed by atoms with Crippen LogP contribution in [0.15, 0.2) is 17.5 Å². The molecule has 0 aromatic carbocycles. The molecule has 0 unspecified atom stereocenters. The van der Waals surface area contributed by atoms with E-state index >= 15 is 0 Å². The Morgan fingerprint density at radius 3 is 2.89 bits per heavy atom. The number of thiazole rings is 1. The van der Waals surface area contributed by atoms with Crippen molar-refractivity contribution in [2.45, 2.75) is 44.9 Å². The fourth-order valence-electron chi connectivity index (χ4n) is 3.50. The number of carbonyl (C=O) groups excluding carboxylic acids is 2. The largest absolute Gasteiger partial charge is 0.355 e. The Hall–Kier alpha value is -1.73. The molecule has 1 aliphatic carbocycles. The lowest BCUT2D eigenvalue weighted by Gasteiger charge is -2.31. The number of nitrogens with zero attached hydrogens (tertiary/aromatic N) is 2. The molecule has 2 aromatic rings. The molecule has 5 nitrogen and oxygen atoms in total. The topological polar surface area (TPSA) is 62.3 Å². The van der Waals surface area contributed by atoms with E-state index in [0.29, 0.717) is 12.5 Å². The van der Waals surface area contributed by atoms with E-state index in [0.717, 1.165) is 60.8 Å². The molecule has 3 heterocycles. The highest BCUT2D eigenvalue weighted by atomic mass is 32.1. The molecule has 1 saturated heterocycles. The molecule has 0 spiro atoms. The van der Waals surface area contributed by atoms with E-state index < -0.39 is 0 Å². The molecule has 0 bridgehead atoms. The Balaban J connectivity index is 1.32. The molecular formula is C20H25N3O2S2. The first kappa shape index (κ1) is 18.6. The van der Waals surface area contributed by atoms with Gasteiger partial charge in [-0.1, -0.05) is 0 Å². The summed E-state index contributed by atoms with van der Waals surface area (Å²) in [7, 11) is 0. The van der Waals surface area contributed by atoms with Gasteiger partial charge in [0.05, 0.1) is 15.6 Å². The summed E-state index contributed by atoms with van der Waals surface area (Å²) < 4.78 is 0. The summed E-state index contributed by atoms with van der Waals surface area (Å²) in [6, 6.07) is 3.94. The molecule has 0 radical (unpaired) electrons. The molecule has 144 valence electrons. The van der Waals surface area contributed by atoms with E-state index in [-0.39, 0.29) is 17.7 Å². The number of thiophene rings is 1. The Labute approximate surface area is 167 Å². The van der Waals surface area contributed by atoms with E-state index in [2.05, 4.69) is 10.7 Å². The fraction of sp³-hybridized carbons (Fsp3) is 0.550. The maximum atomic E-state index is 12.7. The number of nitrogens with one attached hydrogen (secondary N) is 1. The van der Waals surface area contributed by atoms with Crippen LogP contribution in [0.5, 0.6) is 0 Å². The normalized spacial score (nSPS) is 19.9. The molecule has 2 aliphatic rings. The maximum absolute atomic E-state index is 12.7. The molecule has 7 heteroatoms. The van der Waals surface area contributed by atoms with Crippen LogP contribution in [-0.2, 0) is 11.2 Å². The van der Waals surface area contributed by atoms with E-state index in [4.69, 9.17) is 4.98 Å². The number of carbonyl (C=O) groups is 2. The van der Waals surface area contributed by atoms with E-state index in [9.17, 15) is 9.59 Å². The van der Waals surface area contributed by atoms with Gasteiger partial charge in [0.2, 0.25) is 5.91 Å². The number of amides is 2. The molecule has 4 rings (SSSR count). The Morgan fingerprint density at radius 2 is 2.15 bits per heavy atom. The SMILES string of the molecule is Cc1ccc(C(=O)N2CCC[C@H](c3nc(CCNC(=O)C4CC4)cs3)C2)s1. The van der Waals surface area contributed by atoms with Crippen LogP contribution < -0.4 is 5.32 Å². The summed E-state index contributed by atoms with van der Waals surface area (Å²) >= 11 is 3.26. The lowest BCUT2D eigenvalue weighted by molar-refractivity contribution is -0.122. The van der Waals surface area contributed by atoms with Gasteiger partial charge in [-0.3, -0.25) is 9.59 Å². The van der Waals surface area contributed by atoms with Gasteiger partial charge in [0.15, 0.2) is 0 Å². The van der Waals surface area contributed by atoms with Crippen molar-refractivity contribution in [2.75, 3.05) is 19.6 Å². The molecule has 1 saturated carbocycles. The third-order valence-corrected chi connectivity index (χ3v) is 7.25. The van der Waals surface area contributed by atoms with Crippen LogP contribution in [0.2, 0.25) is 0 Å². The van der Waals surface area contributed by atoms with Crippen LogP contribution in [0, 0.1) is 12.8 Å². The van der Waals surface area contributed by atoms with Crippen molar-refractivity contribution in [1.82, 2.24) is 15.2 Å². The second kappa shape index (κ2) is 8.10. The fourth-order valence-corrected chi connectivity index (χ4v) is 5.31. The number of hydrogen-bond acceptors (Lipinski definition) is 5. The zero-order valence-electron chi connectivity index (χ0n) is 15.6. The van der Waals surface area contributed by atoms with Crippen LogP contribution in [-0.4, -0.2) is 41.3 Å². The predicted molar refractivity (Wildman–Crippen MR) is 108 cm³/mol. The molecule has 27 heavy (non-hydrogen) atoms. The monoisotopic (exact) mass is 403 g/mol. The average Bonchev–Trinajstić information content (AvgIpc) is 3.28. The van der Waals surface area contributed by atoms with E-state index in [1.165, 1.54) is 4.88 Å². The predicted octanol–water partition coefficient (Wildman–Crippen LogP) is 3.60. The van der Waals surface area contributed by atoms with E-state index in [1.807, 2.05) is 24.0 Å². The second-order valence-electron chi connectivity index (χ2n) is 7.49. The van der Waals surface area contributed by atoms with Gasteiger partial charge >= 0.3 is 0 Å². The number of aromatic nitrogens is 1. The van der Waals surface area contributed by atoms with Crippen molar-refractivity contribution < 1.29 is 9.59 Å². The Kier molecular flexibility index (Phi) is 5.59. The zero-order chi connectivity index (χ0) is 18.8. The third kappa shape index (κ3) is 4.58. The Bertz CT molecular complexity index is 825. The summed E-state index contributed by atoms with van der Waals surface area (Å²) in [5.41, 5.74) is 1.04. The molecular weight excluding hydrogens is 378 g/mol. The minimum absolute atomic E-state index is 0.150. The minimum atomic E-state index is 0.150.